The van der Waals surface area contributed by atoms with Gasteiger partial charge in [-0.25, -0.2) is 9.97 Å². The van der Waals surface area contributed by atoms with Gasteiger partial charge in [-0.1, -0.05) is 13.8 Å². The minimum absolute atomic E-state index is 0.130. The number of hydrogen-bond donors (Lipinski definition) is 2. The molecule has 6 nitrogen and oxygen atoms in total. The Morgan fingerprint density at radius 2 is 1.50 bits per heavy atom. The predicted octanol–water partition coefficient (Wildman–Crippen LogP) is 0.709. The molecule has 2 rings (SSSR count). The molecule has 0 aromatic carbocycles. The summed E-state index contributed by atoms with van der Waals surface area (Å²) in [6.45, 7) is 4.06. The first-order chi connectivity index (χ1) is 7.65. The average molecular weight is 218 g/mol. The van der Waals surface area contributed by atoms with Gasteiger partial charge in [-0.2, -0.15) is 9.97 Å². The fourth-order valence-corrected chi connectivity index (χ4v) is 1.62. The maximum absolute atomic E-state index is 5.74. The SMILES string of the molecule is CCc1nc2nc(N)nc(N)c2nc1CC. The van der Waals surface area contributed by atoms with Crippen LogP contribution in [0.25, 0.3) is 11.2 Å². The van der Waals surface area contributed by atoms with E-state index in [2.05, 4.69) is 19.9 Å². The number of nitrogens with two attached hydrogens (primary N) is 2. The monoisotopic (exact) mass is 218 g/mol. The van der Waals surface area contributed by atoms with Gasteiger partial charge in [-0.15, -0.1) is 0 Å². The molecule has 0 atom stereocenters. The van der Waals surface area contributed by atoms with Crippen molar-refractivity contribution in [2.24, 2.45) is 0 Å². The van der Waals surface area contributed by atoms with Crippen LogP contribution in [0.5, 0.6) is 0 Å². The summed E-state index contributed by atoms with van der Waals surface area (Å²) in [7, 11) is 0. The number of nitrogen functional groups attached to an aromatic ring is 2. The lowest BCUT2D eigenvalue weighted by molar-refractivity contribution is 0.922. The summed E-state index contributed by atoms with van der Waals surface area (Å²) < 4.78 is 0. The summed E-state index contributed by atoms with van der Waals surface area (Å²) in [4.78, 5) is 16.8. The third-order valence-corrected chi connectivity index (χ3v) is 2.40. The summed E-state index contributed by atoms with van der Waals surface area (Å²) in [6.07, 6.45) is 1.63. The average Bonchev–Trinajstić information content (AvgIpc) is 2.27. The summed E-state index contributed by atoms with van der Waals surface area (Å²) in [6, 6.07) is 0. The van der Waals surface area contributed by atoms with E-state index in [1.165, 1.54) is 0 Å². The number of rotatable bonds is 2. The second-order valence-corrected chi connectivity index (χ2v) is 3.46. The summed E-state index contributed by atoms with van der Waals surface area (Å²) in [5.74, 6) is 0.415. The number of fused-ring (bicyclic) bond motifs is 1. The van der Waals surface area contributed by atoms with Gasteiger partial charge in [0.2, 0.25) is 5.95 Å². The van der Waals surface area contributed by atoms with E-state index < -0.39 is 0 Å². The second kappa shape index (κ2) is 3.88. The fourth-order valence-electron chi connectivity index (χ4n) is 1.62. The van der Waals surface area contributed by atoms with Crippen LogP contribution >= 0.6 is 0 Å². The quantitative estimate of drug-likeness (QED) is 0.769. The van der Waals surface area contributed by atoms with Crippen LogP contribution < -0.4 is 11.5 Å². The Morgan fingerprint density at radius 3 is 2.12 bits per heavy atom. The minimum atomic E-state index is 0.130. The molecular formula is C10H14N6. The number of anilines is 2. The molecular weight excluding hydrogens is 204 g/mol. The first kappa shape index (κ1) is 10.5. The van der Waals surface area contributed by atoms with Gasteiger partial charge in [-0.05, 0) is 12.8 Å². The molecule has 0 radical (unpaired) electrons. The van der Waals surface area contributed by atoms with Crippen LogP contribution in [0.15, 0.2) is 0 Å². The van der Waals surface area contributed by atoms with Crippen molar-refractivity contribution in [2.75, 3.05) is 11.5 Å². The van der Waals surface area contributed by atoms with Crippen LogP contribution in [0.2, 0.25) is 0 Å². The third-order valence-electron chi connectivity index (χ3n) is 2.40. The summed E-state index contributed by atoms with van der Waals surface area (Å²) in [5, 5.41) is 0. The molecule has 6 heteroatoms. The smallest absolute Gasteiger partial charge is 0.224 e. The van der Waals surface area contributed by atoms with Gasteiger partial charge in [0.25, 0.3) is 0 Å². The lowest BCUT2D eigenvalue weighted by Crippen LogP contribution is -2.07. The highest BCUT2D eigenvalue weighted by Crippen LogP contribution is 2.17. The molecule has 2 aromatic rings. The van der Waals surface area contributed by atoms with E-state index >= 15 is 0 Å². The molecule has 16 heavy (non-hydrogen) atoms. The van der Waals surface area contributed by atoms with Crippen molar-refractivity contribution in [3.05, 3.63) is 11.4 Å². The number of aryl methyl sites for hydroxylation is 2. The topological polar surface area (TPSA) is 104 Å². The van der Waals surface area contributed by atoms with Crippen molar-refractivity contribution < 1.29 is 0 Å². The molecule has 4 N–H and O–H groups in total. The third kappa shape index (κ3) is 1.62. The molecule has 0 aliphatic rings. The van der Waals surface area contributed by atoms with E-state index in [0.717, 1.165) is 24.2 Å². The highest BCUT2D eigenvalue weighted by molar-refractivity contribution is 5.82. The van der Waals surface area contributed by atoms with Crippen molar-refractivity contribution in [1.82, 2.24) is 19.9 Å². The zero-order chi connectivity index (χ0) is 11.7. The molecule has 0 aliphatic heterocycles. The van der Waals surface area contributed by atoms with E-state index in [9.17, 15) is 0 Å². The minimum Gasteiger partial charge on any atom is -0.382 e. The standard InChI is InChI=1S/C10H14N6/c1-3-5-6(4-2)14-9-7(13-5)8(11)15-10(12)16-9/h3-4H2,1-2H3,(H4,11,12,14,15,16). The van der Waals surface area contributed by atoms with Crippen LogP contribution in [0.3, 0.4) is 0 Å². The molecule has 0 unspecified atom stereocenters. The maximum atomic E-state index is 5.74. The van der Waals surface area contributed by atoms with E-state index in [1.807, 2.05) is 13.8 Å². The molecule has 2 aromatic heterocycles. The van der Waals surface area contributed by atoms with Crippen molar-refractivity contribution >= 4 is 22.9 Å². The largest absolute Gasteiger partial charge is 0.382 e. The second-order valence-electron chi connectivity index (χ2n) is 3.46. The fraction of sp³-hybridized carbons (Fsp3) is 0.400. The Kier molecular flexibility index (Phi) is 2.55. The van der Waals surface area contributed by atoms with E-state index in [0.29, 0.717) is 11.2 Å². The van der Waals surface area contributed by atoms with Crippen LogP contribution in [0.4, 0.5) is 11.8 Å². The van der Waals surface area contributed by atoms with Crippen LogP contribution in [0.1, 0.15) is 25.2 Å². The van der Waals surface area contributed by atoms with Crippen molar-refractivity contribution in [1.29, 1.82) is 0 Å². The molecule has 0 saturated carbocycles. The zero-order valence-electron chi connectivity index (χ0n) is 9.36. The number of hydrogen-bond acceptors (Lipinski definition) is 6. The Bertz CT molecular complexity index is 536. The van der Waals surface area contributed by atoms with Gasteiger partial charge in [0.1, 0.15) is 0 Å². The van der Waals surface area contributed by atoms with Gasteiger partial charge < -0.3 is 11.5 Å². The first-order valence-corrected chi connectivity index (χ1v) is 5.24. The van der Waals surface area contributed by atoms with E-state index in [-0.39, 0.29) is 11.8 Å². The predicted molar refractivity (Wildman–Crippen MR) is 62.7 cm³/mol. The maximum Gasteiger partial charge on any atom is 0.224 e. The van der Waals surface area contributed by atoms with Gasteiger partial charge in [0, 0.05) is 0 Å². The Labute approximate surface area is 93.1 Å². The van der Waals surface area contributed by atoms with Crippen molar-refractivity contribution in [3.8, 4) is 0 Å². The Hall–Kier alpha value is -1.98. The highest BCUT2D eigenvalue weighted by atomic mass is 15.1. The molecule has 0 aliphatic carbocycles. The van der Waals surface area contributed by atoms with Gasteiger partial charge >= 0.3 is 0 Å². The molecule has 0 saturated heterocycles. The zero-order valence-corrected chi connectivity index (χ0v) is 9.36. The van der Waals surface area contributed by atoms with Gasteiger partial charge in [-0.3, -0.25) is 0 Å². The first-order valence-electron chi connectivity index (χ1n) is 5.24. The van der Waals surface area contributed by atoms with Crippen molar-refractivity contribution in [2.45, 2.75) is 26.7 Å². The molecule has 0 amide bonds. The summed E-state index contributed by atoms with van der Waals surface area (Å²) in [5.41, 5.74) is 14.1. The Balaban J connectivity index is 2.78. The number of aromatic nitrogens is 4. The molecule has 0 spiro atoms. The lowest BCUT2D eigenvalue weighted by Gasteiger charge is -2.07. The number of nitrogens with zero attached hydrogens (tertiary/aromatic N) is 4. The van der Waals surface area contributed by atoms with Crippen LogP contribution in [-0.2, 0) is 12.8 Å². The van der Waals surface area contributed by atoms with E-state index in [4.69, 9.17) is 11.5 Å². The summed E-state index contributed by atoms with van der Waals surface area (Å²) >= 11 is 0. The van der Waals surface area contributed by atoms with Gasteiger partial charge in [0.05, 0.1) is 11.4 Å². The normalized spacial score (nSPS) is 10.9. The molecule has 0 bridgehead atoms. The molecule has 0 fully saturated rings. The molecule has 2 heterocycles. The van der Waals surface area contributed by atoms with Crippen molar-refractivity contribution in [3.63, 3.8) is 0 Å². The Morgan fingerprint density at radius 1 is 0.875 bits per heavy atom. The highest BCUT2D eigenvalue weighted by Gasteiger charge is 2.10. The molecule has 84 valence electrons. The van der Waals surface area contributed by atoms with E-state index in [1.54, 1.807) is 0 Å². The van der Waals surface area contributed by atoms with Crippen LogP contribution in [-0.4, -0.2) is 19.9 Å². The van der Waals surface area contributed by atoms with Gasteiger partial charge in [0.15, 0.2) is 17.0 Å². The lowest BCUT2D eigenvalue weighted by atomic mass is 10.2. The van der Waals surface area contributed by atoms with Crippen LogP contribution in [0, 0.1) is 0 Å².